The van der Waals surface area contributed by atoms with Crippen LogP contribution in [0.2, 0.25) is 0 Å². The van der Waals surface area contributed by atoms with Gasteiger partial charge < -0.3 is 9.47 Å². The number of ether oxygens (including phenoxy) is 2. The van der Waals surface area contributed by atoms with E-state index < -0.39 is 0 Å². The molecule has 1 heterocycles. The van der Waals surface area contributed by atoms with Gasteiger partial charge in [-0.25, -0.2) is 9.97 Å². The number of rotatable bonds is 9. The summed E-state index contributed by atoms with van der Waals surface area (Å²) in [4.78, 5) is 9.84. The second kappa shape index (κ2) is 9.72. The summed E-state index contributed by atoms with van der Waals surface area (Å²) in [5, 5.41) is 0. The third kappa shape index (κ3) is 4.79. The van der Waals surface area contributed by atoms with Crippen LogP contribution in [-0.4, -0.2) is 23.2 Å². The van der Waals surface area contributed by atoms with Gasteiger partial charge in [0.25, 0.3) is 0 Å². The van der Waals surface area contributed by atoms with E-state index in [1.807, 2.05) is 0 Å². The van der Waals surface area contributed by atoms with Crippen LogP contribution in [0.25, 0.3) is 11.3 Å². The van der Waals surface area contributed by atoms with Gasteiger partial charge in [0.1, 0.15) is 11.4 Å². The molecule has 0 atom stereocenters. The van der Waals surface area contributed by atoms with Gasteiger partial charge in [-0.05, 0) is 49.3 Å². The molecule has 0 fully saturated rings. The predicted octanol–water partition coefficient (Wildman–Crippen LogP) is 5.97. The fourth-order valence-corrected chi connectivity index (χ4v) is 3.15. The van der Waals surface area contributed by atoms with Crippen molar-refractivity contribution in [2.45, 2.75) is 79.2 Å². The Kier molecular flexibility index (Phi) is 7.64. The highest BCUT2D eigenvalue weighted by atomic mass is 16.5. The van der Waals surface area contributed by atoms with E-state index in [1.165, 1.54) is 5.56 Å². The van der Waals surface area contributed by atoms with Crippen LogP contribution in [-0.2, 0) is 12.8 Å². The number of aromatic nitrogens is 2. The lowest BCUT2D eigenvalue weighted by Gasteiger charge is -2.20. The molecule has 27 heavy (non-hydrogen) atoms. The van der Waals surface area contributed by atoms with Gasteiger partial charge in [0, 0.05) is 5.56 Å². The Morgan fingerprint density at radius 1 is 0.926 bits per heavy atom. The van der Waals surface area contributed by atoms with E-state index in [-0.39, 0.29) is 6.10 Å². The van der Waals surface area contributed by atoms with E-state index in [0.29, 0.717) is 11.8 Å². The Morgan fingerprint density at radius 3 is 2.11 bits per heavy atom. The molecule has 0 radical (unpaired) electrons. The zero-order chi connectivity index (χ0) is 20.0. The van der Waals surface area contributed by atoms with Crippen molar-refractivity contribution in [2.75, 3.05) is 7.11 Å². The molecule has 0 saturated heterocycles. The molecule has 0 bridgehead atoms. The van der Waals surface area contributed by atoms with Gasteiger partial charge in [-0.1, -0.05) is 47.6 Å². The number of hydrogen-bond donors (Lipinski definition) is 0. The third-order valence-electron chi connectivity index (χ3n) is 5.01. The Balaban J connectivity index is 2.57. The summed E-state index contributed by atoms with van der Waals surface area (Å²) < 4.78 is 11.9. The molecule has 1 aromatic heterocycles. The van der Waals surface area contributed by atoms with Crippen LogP contribution in [0.1, 0.15) is 77.3 Å². The minimum absolute atomic E-state index is 0.181. The molecular formula is C23H34N2O2. The maximum Gasteiger partial charge on any atom is 0.236 e. The molecule has 0 unspecified atom stereocenters. The van der Waals surface area contributed by atoms with Crippen LogP contribution >= 0.6 is 0 Å². The molecular weight excluding hydrogens is 336 g/mol. The average molecular weight is 371 g/mol. The standard InChI is InChI=1S/C23H34N2O2/c1-8-17(9-2)27-23-20(11-4)24-22(19(10-3)25-23)18-13-12-16(15(5)6)14-21(18)26-7/h12-15,17H,8-11H2,1-7H3. The van der Waals surface area contributed by atoms with Crippen molar-refractivity contribution in [3.63, 3.8) is 0 Å². The van der Waals surface area contributed by atoms with Gasteiger partial charge >= 0.3 is 0 Å². The molecule has 0 spiro atoms. The Bertz CT molecular complexity index is 752. The zero-order valence-electron chi connectivity index (χ0n) is 17.9. The first-order valence-corrected chi connectivity index (χ1v) is 10.2. The maximum absolute atomic E-state index is 6.17. The highest BCUT2D eigenvalue weighted by Gasteiger charge is 2.19. The van der Waals surface area contributed by atoms with Crippen molar-refractivity contribution in [1.29, 1.82) is 0 Å². The lowest BCUT2D eigenvalue weighted by Crippen LogP contribution is -2.17. The molecule has 1 aromatic carbocycles. The molecule has 2 aromatic rings. The third-order valence-corrected chi connectivity index (χ3v) is 5.01. The fourth-order valence-electron chi connectivity index (χ4n) is 3.15. The first kappa shape index (κ1) is 21.2. The van der Waals surface area contributed by atoms with Gasteiger partial charge in [-0.3, -0.25) is 0 Å². The number of hydrogen-bond acceptors (Lipinski definition) is 4. The van der Waals surface area contributed by atoms with Gasteiger partial charge in [0.2, 0.25) is 5.88 Å². The van der Waals surface area contributed by atoms with Crippen molar-refractivity contribution in [3.05, 3.63) is 35.2 Å². The number of nitrogens with zero attached hydrogens (tertiary/aromatic N) is 2. The predicted molar refractivity (Wildman–Crippen MR) is 112 cm³/mol. The first-order valence-electron chi connectivity index (χ1n) is 10.2. The van der Waals surface area contributed by atoms with Crippen molar-refractivity contribution in [1.82, 2.24) is 9.97 Å². The van der Waals surface area contributed by atoms with Gasteiger partial charge in [-0.15, -0.1) is 0 Å². The second-order valence-electron chi connectivity index (χ2n) is 7.15. The lowest BCUT2D eigenvalue weighted by molar-refractivity contribution is 0.181. The topological polar surface area (TPSA) is 44.2 Å². The van der Waals surface area contributed by atoms with Crippen molar-refractivity contribution in [3.8, 4) is 22.9 Å². The molecule has 0 amide bonds. The Labute approximate surface area is 164 Å². The molecule has 0 aliphatic heterocycles. The summed E-state index contributed by atoms with van der Waals surface area (Å²) in [6, 6.07) is 6.38. The van der Waals surface area contributed by atoms with Crippen LogP contribution in [0, 0.1) is 0 Å². The van der Waals surface area contributed by atoms with Crippen LogP contribution in [0.15, 0.2) is 18.2 Å². The number of aryl methyl sites for hydroxylation is 2. The van der Waals surface area contributed by atoms with Crippen molar-refractivity contribution >= 4 is 0 Å². The first-order chi connectivity index (χ1) is 13.0. The SMILES string of the molecule is CCc1nc(-c2ccc(C(C)C)cc2OC)c(CC)nc1OC(CC)CC. The summed E-state index contributed by atoms with van der Waals surface area (Å²) in [6.07, 6.45) is 3.69. The van der Waals surface area contributed by atoms with Crippen LogP contribution in [0.4, 0.5) is 0 Å². The zero-order valence-corrected chi connectivity index (χ0v) is 17.9. The average Bonchev–Trinajstić information content (AvgIpc) is 2.70. The summed E-state index contributed by atoms with van der Waals surface area (Å²) in [5.74, 6) is 1.98. The molecule has 2 rings (SSSR count). The molecule has 0 aliphatic carbocycles. The molecule has 148 valence electrons. The Morgan fingerprint density at radius 2 is 1.59 bits per heavy atom. The van der Waals surface area contributed by atoms with E-state index >= 15 is 0 Å². The van der Waals surface area contributed by atoms with E-state index in [9.17, 15) is 0 Å². The number of benzene rings is 1. The van der Waals surface area contributed by atoms with Crippen LogP contribution in [0.3, 0.4) is 0 Å². The summed E-state index contributed by atoms with van der Waals surface area (Å²) in [6.45, 7) is 12.9. The molecule has 4 nitrogen and oxygen atoms in total. The highest BCUT2D eigenvalue weighted by molar-refractivity contribution is 5.70. The highest BCUT2D eigenvalue weighted by Crippen LogP contribution is 2.35. The van der Waals surface area contributed by atoms with Gasteiger partial charge in [0.05, 0.1) is 24.6 Å². The summed E-state index contributed by atoms with van der Waals surface area (Å²) in [5.41, 5.74) is 5.01. The fraction of sp³-hybridized carbons (Fsp3) is 0.565. The lowest BCUT2D eigenvalue weighted by atomic mass is 9.98. The molecule has 0 saturated carbocycles. The van der Waals surface area contributed by atoms with E-state index in [1.54, 1.807) is 7.11 Å². The second-order valence-corrected chi connectivity index (χ2v) is 7.15. The number of methoxy groups -OCH3 is 1. The van der Waals surface area contributed by atoms with E-state index in [4.69, 9.17) is 19.4 Å². The molecule has 0 aliphatic rings. The van der Waals surface area contributed by atoms with Crippen molar-refractivity contribution < 1.29 is 9.47 Å². The minimum atomic E-state index is 0.181. The van der Waals surface area contributed by atoms with Gasteiger partial charge in [0.15, 0.2) is 0 Å². The minimum Gasteiger partial charge on any atom is -0.496 e. The van der Waals surface area contributed by atoms with E-state index in [2.05, 4.69) is 59.7 Å². The van der Waals surface area contributed by atoms with Crippen molar-refractivity contribution in [2.24, 2.45) is 0 Å². The molecule has 4 heteroatoms. The maximum atomic E-state index is 6.17. The van der Waals surface area contributed by atoms with E-state index in [0.717, 1.165) is 54.1 Å². The van der Waals surface area contributed by atoms with Crippen LogP contribution in [0.5, 0.6) is 11.6 Å². The normalized spacial score (nSPS) is 11.3. The smallest absolute Gasteiger partial charge is 0.236 e. The summed E-state index contributed by atoms with van der Waals surface area (Å²) in [7, 11) is 1.72. The monoisotopic (exact) mass is 370 g/mol. The van der Waals surface area contributed by atoms with Crippen LogP contribution < -0.4 is 9.47 Å². The molecule has 0 N–H and O–H groups in total. The largest absolute Gasteiger partial charge is 0.496 e. The van der Waals surface area contributed by atoms with Gasteiger partial charge in [-0.2, -0.15) is 0 Å². The summed E-state index contributed by atoms with van der Waals surface area (Å²) >= 11 is 0. The quantitative estimate of drug-likeness (QED) is 0.545. The Hall–Kier alpha value is -2.10.